The van der Waals surface area contributed by atoms with Gasteiger partial charge in [-0.3, -0.25) is 0 Å². The van der Waals surface area contributed by atoms with Gasteiger partial charge in [0.25, 0.3) is 0 Å². The van der Waals surface area contributed by atoms with Crippen molar-refractivity contribution in [3.63, 3.8) is 0 Å². The Morgan fingerprint density at radius 2 is 1.95 bits per heavy atom. The van der Waals surface area contributed by atoms with Crippen LogP contribution in [0.1, 0.15) is 41.4 Å². The number of alkyl halides is 3. The van der Waals surface area contributed by atoms with Crippen molar-refractivity contribution in [3.8, 4) is 16.9 Å². The monoisotopic (exact) mass is 533 g/mol. The first-order valence-electron chi connectivity index (χ1n) is 12.6. The summed E-state index contributed by atoms with van der Waals surface area (Å²) in [6.45, 7) is 3.53. The number of ether oxygens (including phenoxy) is 1. The predicted octanol–water partition coefficient (Wildman–Crippen LogP) is 6.47. The van der Waals surface area contributed by atoms with E-state index in [-0.39, 0.29) is 24.1 Å². The van der Waals surface area contributed by atoms with Crippen LogP contribution in [-0.2, 0) is 28.5 Å². The van der Waals surface area contributed by atoms with Crippen molar-refractivity contribution in [2.75, 3.05) is 11.9 Å². The number of fused-ring (bicyclic) bond motifs is 1. The van der Waals surface area contributed by atoms with Crippen LogP contribution in [0.5, 0.6) is 0 Å². The molecule has 0 aliphatic heterocycles. The third-order valence-corrected chi connectivity index (χ3v) is 6.40. The number of carbonyl (C=O) groups excluding carboxylic acids is 1. The number of hydrogen-bond acceptors (Lipinski definition) is 6. The minimum Gasteiger partial charge on any atom is -0.463 e. The normalized spacial score (nSPS) is 13.1. The van der Waals surface area contributed by atoms with Gasteiger partial charge in [-0.1, -0.05) is 24.3 Å². The first-order chi connectivity index (χ1) is 18.7. The Hall–Kier alpha value is -4.47. The lowest BCUT2D eigenvalue weighted by molar-refractivity contribution is -0.141. The summed E-state index contributed by atoms with van der Waals surface area (Å²) in [5.41, 5.74) is 4.45. The molecule has 2 aromatic heterocycles. The molecule has 0 fully saturated rings. The largest absolute Gasteiger partial charge is 0.463 e. The summed E-state index contributed by atoms with van der Waals surface area (Å²) in [6.07, 6.45) is 3.04. The molecule has 5 rings (SSSR count). The van der Waals surface area contributed by atoms with Gasteiger partial charge < -0.3 is 10.1 Å². The van der Waals surface area contributed by atoms with Gasteiger partial charge in [-0.25, -0.2) is 14.5 Å². The van der Waals surface area contributed by atoms with Crippen molar-refractivity contribution in [2.24, 2.45) is 0 Å². The molecule has 1 aliphatic rings. The Morgan fingerprint density at radius 3 is 2.72 bits per heavy atom. The second-order valence-corrected chi connectivity index (χ2v) is 9.18. The lowest BCUT2D eigenvalue weighted by Gasteiger charge is -2.14. The molecule has 0 amide bonds. The minimum atomic E-state index is -4.60. The van der Waals surface area contributed by atoms with Crippen molar-refractivity contribution >= 4 is 23.7 Å². The summed E-state index contributed by atoms with van der Waals surface area (Å²) in [6, 6.07) is 14.2. The van der Waals surface area contributed by atoms with Crippen LogP contribution in [0.15, 0.2) is 60.8 Å². The van der Waals surface area contributed by atoms with E-state index in [1.807, 2.05) is 6.07 Å². The highest BCUT2D eigenvalue weighted by molar-refractivity contribution is 5.87. The lowest BCUT2D eigenvalue weighted by atomic mass is 10.0. The van der Waals surface area contributed by atoms with E-state index in [4.69, 9.17) is 4.74 Å². The molecule has 4 aromatic rings. The molecule has 7 nitrogen and oxygen atoms in total. The molecular formula is C29H26F3N5O2. The predicted molar refractivity (Wildman–Crippen MR) is 142 cm³/mol. The van der Waals surface area contributed by atoms with Gasteiger partial charge >= 0.3 is 12.1 Å². The zero-order valence-corrected chi connectivity index (χ0v) is 21.4. The number of halogens is 3. The molecule has 2 aromatic carbocycles. The van der Waals surface area contributed by atoms with Crippen LogP contribution in [0.2, 0.25) is 0 Å². The highest BCUT2D eigenvalue weighted by Gasteiger charge is 2.35. The minimum absolute atomic E-state index is 0.188. The fraction of sp³-hybridized carbons (Fsp3) is 0.241. The third kappa shape index (κ3) is 5.84. The van der Waals surface area contributed by atoms with Crippen molar-refractivity contribution in [1.29, 1.82) is 0 Å². The topological polar surface area (TPSA) is 81.9 Å². The average Bonchev–Trinajstić information content (AvgIpc) is 3.54. The molecule has 39 heavy (non-hydrogen) atoms. The Morgan fingerprint density at radius 1 is 1.13 bits per heavy atom. The first-order valence-corrected chi connectivity index (χ1v) is 12.6. The van der Waals surface area contributed by atoms with Crippen LogP contribution in [0.3, 0.4) is 0 Å². The summed E-state index contributed by atoms with van der Waals surface area (Å²) in [5, 5.41) is 7.02. The average molecular weight is 534 g/mol. The standard InChI is InChI=1S/C29H26F3N5O2/c1-3-39-26(38)13-10-19-6-4-9-22(15-19)24-17-33-28(34-23-12-11-20-7-5-8-21(20)16-23)35-27(24)37-18(2)14-25(36-37)29(30,31)32/h4,6,9-17H,3,5,7-8H2,1-2H3,(H,33,34,35). The number of benzene rings is 2. The summed E-state index contributed by atoms with van der Waals surface area (Å²) in [7, 11) is 0. The van der Waals surface area contributed by atoms with Gasteiger partial charge in [-0.2, -0.15) is 23.3 Å². The number of carbonyl (C=O) groups is 1. The van der Waals surface area contributed by atoms with E-state index in [9.17, 15) is 18.0 Å². The first kappa shape index (κ1) is 26.1. The van der Waals surface area contributed by atoms with E-state index >= 15 is 0 Å². The van der Waals surface area contributed by atoms with E-state index in [2.05, 4.69) is 32.5 Å². The Balaban J connectivity index is 1.56. The van der Waals surface area contributed by atoms with E-state index in [1.165, 1.54) is 21.9 Å². The number of aryl methyl sites for hydroxylation is 3. The third-order valence-electron chi connectivity index (χ3n) is 6.40. The van der Waals surface area contributed by atoms with Gasteiger partial charge in [0.05, 0.1) is 6.61 Å². The van der Waals surface area contributed by atoms with Crippen molar-refractivity contribution in [3.05, 3.63) is 88.9 Å². The second-order valence-electron chi connectivity index (χ2n) is 9.18. The van der Waals surface area contributed by atoms with Gasteiger partial charge in [0.2, 0.25) is 5.95 Å². The number of aromatic nitrogens is 4. The Labute approximate surface area is 223 Å². The second kappa shape index (κ2) is 10.7. The van der Waals surface area contributed by atoms with Crippen LogP contribution in [0, 0.1) is 6.92 Å². The van der Waals surface area contributed by atoms with E-state index in [0.29, 0.717) is 16.7 Å². The summed E-state index contributed by atoms with van der Waals surface area (Å²) < 4.78 is 46.6. The van der Waals surface area contributed by atoms with Crippen molar-refractivity contribution < 1.29 is 22.7 Å². The van der Waals surface area contributed by atoms with E-state index in [0.717, 1.165) is 31.0 Å². The van der Waals surface area contributed by atoms with E-state index < -0.39 is 17.8 Å². The van der Waals surface area contributed by atoms with Crippen LogP contribution in [-0.4, -0.2) is 32.3 Å². The maximum atomic E-state index is 13.5. The van der Waals surface area contributed by atoms with Gasteiger partial charge in [0.15, 0.2) is 11.5 Å². The zero-order valence-electron chi connectivity index (χ0n) is 21.4. The van der Waals surface area contributed by atoms with Crippen LogP contribution in [0.4, 0.5) is 24.8 Å². The van der Waals surface area contributed by atoms with Crippen LogP contribution >= 0.6 is 0 Å². The molecule has 0 atom stereocenters. The molecule has 0 unspecified atom stereocenters. The van der Waals surface area contributed by atoms with Crippen LogP contribution < -0.4 is 5.32 Å². The molecule has 200 valence electrons. The molecule has 0 saturated carbocycles. The molecular weight excluding hydrogens is 507 g/mol. The molecule has 10 heteroatoms. The fourth-order valence-electron chi connectivity index (χ4n) is 4.57. The van der Waals surface area contributed by atoms with E-state index in [1.54, 1.807) is 50.4 Å². The number of nitrogens with zero attached hydrogens (tertiary/aromatic N) is 4. The van der Waals surface area contributed by atoms with Crippen molar-refractivity contribution in [1.82, 2.24) is 19.7 Å². The number of esters is 1. The van der Waals surface area contributed by atoms with Crippen molar-refractivity contribution in [2.45, 2.75) is 39.3 Å². The highest BCUT2D eigenvalue weighted by atomic mass is 19.4. The Kier molecular flexibility index (Phi) is 7.19. The molecule has 2 heterocycles. The maximum Gasteiger partial charge on any atom is 0.435 e. The highest BCUT2D eigenvalue weighted by Crippen LogP contribution is 2.33. The maximum absolute atomic E-state index is 13.5. The number of hydrogen-bond donors (Lipinski definition) is 1. The van der Waals surface area contributed by atoms with Gasteiger partial charge in [-0.05, 0) is 85.7 Å². The molecule has 0 radical (unpaired) electrons. The summed E-state index contributed by atoms with van der Waals surface area (Å²) in [4.78, 5) is 20.8. The number of anilines is 2. The molecule has 0 spiro atoms. The SMILES string of the molecule is CCOC(=O)C=Cc1cccc(-c2cnc(Nc3ccc4c(c3)CCC4)nc2-n2nc(C(F)(F)F)cc2C)c1. The fourth-order valence-corrected chi connectivity index (χ4v) is 4.57. The number of rotatable bonds is 7. The van der Waals surface area contributed by atoms with Crippen LogP contribution in [0.25, 0.3) is 23.0 Å². The van der Waals surface area contributed by atoms with Gasteiger partial charge in [-0.15, -0.1) is 0 Å². The summed E-state index contributed by atoms with van der Waals surface area (Å²) >= 11 is 0. The Bertz CT molecular complexity index is 1560. The van der Waals surface area contributed by atoms with Gasteiger partial charge in [0, 0.05) is 29.2 Å². The molecule has 0 saturated heterocycles. The molecule has 1 N–H and O–H groups in total. The van der Waals surface area contributed by atoms with Gasteiger partial charge in [0.1, 0.15) is 0 Å². The smallest absolute Gasteiger partial charge is 0.435 e. The summed E-state index contributed by atoms with van der Waals surface area (Å²) in [5.74, 6) is -0.0533. The number of nitrogens with one attached hydrogen (secondary N) is 1. The lowest BCUT2D eigenvalue weighted by Crippen LogP contribution is -2.10. The zero-order chi connectivity index (χ0) is 27.6. The quantitative estimate of drug-likeness (QED) is 0.217. The molecule has 0 bridgehead atoms. The molecule has 1 aliphatic carbocycles.